The first kappa shape index (κ1) is 12.6. The second-order valence-electron chi connectivity index (χ2n) is 4.52. The van der Waals surface area contributed by atoms with E-state index < -0.39 is 6.10 Å². The van der Waals surface area contributed by atoms with E-state index >= 15 is 0 Å². The van der Waals surface area contributed by atoms with Crippen LogP contribution in [0.5, 0.6) is 0 Å². The van der Waals surface area contributed by atoms with Gasteiger partial charge in [-0.25, -0.2) is 0 Å². The summed E-state index contributed by atoms with van der Waals surface area (Å²) in [6, 6.07) is 3.71. The zero-order chi connectivity index (χ0) is 11.5. The second kappa shape index (κ2) is 5.05. The Morgan fingerprint density at radius 3 is 2.73 bits per heavy atom. The number of nitrogens with zero attached hydrogens (tertiary/aromatic N) is 1. The molecule has 15 heavy (non-hydrogen) atoms. The molecule has 1 aromatic heterocycles. The van der Waals surface area contributed by atoms with Crippen molar-refractivity contribution in [2.75, 3.05) is 6.54 Å². The lowest BCUT2D eigenvalue weighted by atomic mass is 10.1. The van der Waals surface area contributed by atoms with E-state index in [0.717, 1.165) is 4.47 Å². The molecule has 3 nitrogen and oxygen atoms in total. The quantitative estimate of drug-likeness (QED) is 0.888. The summed E-state index contributed by atoms with van der Waals surface area (Å²) >= 11 is 3.37. The number of halogens is 1. The highest BCUT2D eigenvalue weighted by Crippen LogP contribution is 2.20. The van der Waals surface area contributed by atoms with Gasteiger partial charge in [0.15, 0.2) is 0 Å². The fraction of sp³-hybridized carbons (Fsp3) is 0.545. The average molecular weight is 273 g/mol. The summed E-state index contributed by atoms with van der Waals surface area (Å²) in [7, 11) is 0. The minimum atomic E-state index is -0.584. The first-order valence-electron chi connectivity index (χ1n) is 4.93. The molecule has 4 heteroatoms. The maximum atomic E-state index is 9.91. The molecule has 0 aliphatic carbocycles. The van der Waals surface area contributed by atoms with Gasteiger partial charge in [-0.2, -0.15) is 0 Å². The Kier molecular flexibility index (Phi) is 4.25. The van der Waals surface area contributed by atoms with Crippen LogP contribution in [0.25, 0.3) is 0 Å². The van der Waals surface area contributed by atoms with Crippen molar-refractivity contribution in [1.82, 2.24) is 10.3 Å². The number of aliphatic hydroxyl groups is 1. The zero-order valence-corrected chi connectivity index (χ0v) is 10.9. The summed E-state index contributed by atoms with van der Waals surface area (Å²) in [5.74, 6) is 0. The van der Waals surface area contributed by atoms with Gasteiger partial charge in [0, 0.05) is 22.8 Å². The molecule has 0 radical (unpaired) electrons. The van der Waals surface area contributed by atoms with Crippen molar-refractivity contribution in [1.29, 1.82) is 0 Å². The highest BCUT2D eigenvalue weighted by atomic mass is 79.9. The summed E-state index contributed by atoms with van der Waals surface area (Å²) in [5, 5.41) is 13.1. The van der Waals surface area contributed by atoms with Gasteiger partial charge in [-0.3, -0.25) is 4.98 Å². The molecule has 0 saturated carbocycles. The van der Waals surface area contributed by atoms with Crippen LogP contribution in [-0.4, -0.2) is 22.2 Å². The molecule has 0 unspecified atom stereocenters. The molecular weight excluding hydrogens is 256 g/mol. The van der Waals surface area contributed by atoms with Gasteiger partial charge in [-0.05, 0) is 48.8 Å². The highest BCUT2D eigenvalue weighted by molar-refractivity contribution is 9.10. The Hall–Kier alpha value is -0.450. The van der Waals surface area contributed by atoms with E-state index in [1.807, 2.05) is 12.1 Å². The van der Waals surface area contributed by atoms with Crippen LogP contribution in [0.2, 0.25) is 0 Å². The van der Waals surface area contributed by atoms with E-state index in [9.17, 15) is 5.11 Å². The van der Waals surface area contributed by atoms with Gasteiger partial charge in [-0.15, -0.1) is 0 Å². The molecule has 0 fully saturated rings. The molecule has 1 rings (SSSR count). The third-order valence-electron chi connectivity index (χ3n) is 1.93. The van der Waals surface area contributed by atoms with Gasteiger partial charge < -0.3 is 10.4 Å². The van der Waals surface area contributed by atoms with Crippen LogP contribution in [0.1, 0.15) is 32.6 Å². The first-order valence-corrected chi connectivity index (χ1v) is 5.73. The van der Waals surface area contributed by atoms with Crippen molar-refractivity contribution in [2.24, 2.45) is 0 Å². The fourth-order valence-electron chi connectivity index (χ4n) is 1.14. The molecule has 2 N–H and O–H groups in total. The van der Waals surface area contributed by atoms with Gasteiger partial charge in [0.05, 0.1) is 5.69 Å². The van der Waals surface area contributed by atoms with Gasteiger partial charge >= 0.3 is 0 Å². The maximum absolute atomic E-state index is 9.91. The Morgan fingerprint density at radius 1 is 1.53 bits per heavy atom. The third-order valence-corrected chi connectivity index (χ3v) is 2.60. The zero-order valence-electron chi connectivity index (χ0n) is 9.29. The predicted molar refractivity (Wildman–Crippen MR) is 64.7 cm³/mol. The Balaban J connectivity index is 2.62. The first-order chi connectivity index (χ1) is 6.90. The number of pyridine rings is 1. The van der Waals surface area contributed by atoms with Crippen LogP contribution in [0, 0.1) is 0 Å². The lowest BCUT2D eigenvalue weighted by Gasteiger charge is -2.22. The number of rotatable bonds is 3. The van der Waals surface area contributed by atoms with Crippen LogP contribution in [-0.2, 0) is 0 Å². The number of nitrogens with one attached hydrogen (secondary N) is 1. The summed E-state index contributed by atoms with van der Waals surface area (Å²) < 4.78 is 0.841. The average Bonchev–Trinajstić information content (AvgIpc) is 2.14. The predicted octanol–water partition coefficient (Wildman–Crippen LogP) is 2.27. The Morgan fingerprint density at radius 2 is 2.20 bits per heavy atom. The smallest absolute Gasteiger partial charge is 0.109 e. The van der Waals surface area contributed by atoms with Crippen molar-refractivity contribution < 1.29 is 5.11 Å². The number of hydrogen-bond donors (Lipinski definition) is 2. The van der Waals surface area contributed by atoms with Crippen molar-refractivity contribution in [3.8, 4) is 0 Å². The summed E-state index contributed by atoms with van der Waals surface area (Å²) in [6.07, 6.45) is 1.10. The Bertz CT molecular complexity index is 323. The monoisotopic (exact) mass is 272 g/mol. The Labute approximate surface area is 99.1 Å². The van der Waals surface area contributed by atoms with E-state index in [0.29, 0.717) is 12.2 Å². The molecule has 0 spiro atoms. The SMILES string of the molecule is CC(C)(C)NC[C@@H](O)c1ncccc1Br. The van der Waals surface area contributed by atoms with E-state index in [1.54, 1.807) is 6.20 Å². The topological polar surface area (TPSA) is 45.1 Å². The molecule has 1 heterocycles. The van der Waals surface area contributed by atoms with Gasteiger partial charge in [0.2, 0.25) is 0 Å². The third kappa shape index (κ3) is 4.28. The van der Waals surface area contributed by atoms with Crippen LogP contribution in [0.15, 0.2) is 22.8 Å². The van der Waals surface area contributed by atoms with Crippen molar-refractivity contribution >= 4 is 15.9 Å². The number of aromatic nitrogens is 1. The van der Waals surface area contributed by atoms with Crippen molar-refractivity contribution in [2.45, 2.75) is 32.4 Å². The van der Waals surface area contributed by atoms with Crippen LogP contribution in [0.4, 0.5) is 0 Å². The lowest BCUT2D eigenvalue weighted by molar-refractivity contribution is 0.158. The van der Waals surface area contributed by atoms with Gasteiger partial charge in [0.25, 0.3) is 0 Å². The standard InChI is InChI=1S/C11H17BrN2O/c1-11(2,3)14-7-9(15)10-8(12)5-4-6-13-10/h4-6,9,14-15H,7H2,1-3H3/t9-/m1/s1. The molecular formula is C11H17BrN2O. The lowest BCUT2D eigenvalue weighted by Crippen LogP contribution is -2.38. The summed E-state index contributed by atoms with van der Waals surface area (Å²) in [5.41, 5.74) is 0.677. The number of aliphatic hydroxyl groups excluding tert-OH is 1. The number of β-amino-alcohol motifs (C(OH)–C–C–N with tert-alkyl or cyclic N) is 1. The highest BCUT2D eigenvalue weighted by Gasteiger charge is 2.16. The van der Waals surface area contributed by atoms with Crippen molar-refractivity contribution in [3.63, 3.8) is 0 Å². The molecule has 0 amide bonds. The molecule has 0 aliphatic heterocycles. The molecule has 84 valence electrons. The van der Waals surface area contributed by atoms with Gasteiger partial charge in [0.1, 0.15) is 6.10 Å². The molecule has 1 aromatic rings. The normalized spacial score (nSPS) is 13.9. The molecule has 0 bridgehead atoms. The van der Waals surface area contributed by atoms with Crippen molar-refractivity contribution in [3.05, 3.63) is 28.5 Å². The molecule has 0 aromatic carbocycles. The van der Waals surface area contributed by atoms with E-state index in [1.165, 1.54) is 0 Å². The molecule has 0 saturated heterocycles. The van der Waals surface area contributed by atoms with E-state index in [4.69, 9.17) is 0 Å². The van der Waals surface area contributed by atoms with E-state index in [2.05, 4.69) is 47.0 Å². The molecule has 0 aliphatic rings. The fourth-order valence-corrected chi connectivity index (χ4v) is 1.66. The second-order valence-corrected chi connectivity index (χ2v) is 5.37. The summed E-state index contributed by atoms with van der Waals surface area (Å²) in [6.45, 7) is 6.69. The van der Waals surface area contributed by atoms with Crippen LogP contribution < -0.4 is 5.32 Å². The minimum absolute atomic E-state index is 0.00222. The molecule has 1 atom stereocenters. The maximum Gasteiger partial charge on any atom is 0.109 e. The minimum Gasteiger partial charge on any atom is -0.385 e. The largest absolute Gasteiger partial charge is 0.385 e. The van der Waals surface area contributed by atoms with Gasteiger partial charge in [-0.1, -0.05) is 0 Å². The summed E-state index contributed by atoms with van der Waals surface area (Å²) in [4.78, 5) is 4.14. The van der Waals surface area contributed by atoms with E-state index in [-0.39, 0.29) is 5.54 Å². The van der Waals surface area contributed by atoms with Crippen LogP contribution >= 0.6 is 15.9 Å². The number of hydrogen-bond acceptors (Lipinski definition) is 3. The van der Waals surface area contributed by atoms with Crippen LogP contribution in [0.3, 0.4) is 0 Å².